The van der Waals surface area contributed by atoms with Gasteiger partial charge in [0.25, 0.3) is 0 Å². The van der Waals surface area contributed by atoms with Crippen LogP contribution in [0, 0.1) is 0 Å². The van der Waals surface area contributed by atoms with Crippen molar-refractivity contribution in [1.29, 1.82) is 0 Å². The maximum Gasteiger partial charge on any atom is 0.118 e. The Morgan fingerprint density at radius 2 is 1.84 bits per heavy atom. The van der Waals surface area contributed by atoms with Gasteiger partial charge in [-0.05, 0) is 52.3 Å². The van der Waals surface area contributed by atoms with E-state index in [1.165, 1.54) is 4.90 Å². The molecule has 0 aliphatic rings. The van der Waals surface area contributed by atoms with Gasteiger partial charge >= 0.3 is 0 Å². The first-order valence-electron chi connectivity index (χ1n) is 6.05. The molecule has 4 heteroatoms. The lowest BCUT2D eigenvalue weighted by atomic mass is 10.3. The van der Waals surface area contributed by atoms with Crippen LogP contribution in [0.5, 0.6) is 5.75 Å². The van der Waals surface area contributed by atoms with Crippen LogP contribution in [0.15, 0.2) is 57.9 Å². The van der Waals surface area contributed by atoms with Gasteiger partial charge in [0.05, 0.1) is 7.11 Å². The summed E-state index contributed by atoms with van der Waals surface area (Å²) in [5.41, 5.74) is 1.14. The van der Waals surface area contributed by atoms with E-state index in [2.05, 4.69) is 39.4 Å². The molecule has 1 N–H and O–H groups in total. The number of methoxy groups -OCH3 is 1. The van der Waals surface area contributed by atoms with Crippen molar-refractivity contribution in [1.82, 2.24) is 0 Å². The number of halogens is 1. The molecule has 0 fully saturated rings. The quantitative estimate of drug-likeness (QED) is 0.611. The fourth-order valence-corrected chi connectivity index (χ4v) is 2.82. The minimum Gasteiger partial charge on any atom is -0.497 e. The molecule has 100 valence electrons. The summed E-state index contributed by atoms with van der Waals surface area (Å²) in [7, 11) is 1.68. The number of rotatable bonds is 6. The van der Waals surface area contributed by atoms with Crippen LogP contribution < -0.4 is 10.1 Å². The third kappa shape index (κ3) is 4.48. The molecule has 2 rings (SSSR count). The van der Waals surface area contributed by atoms with Crippen molar-refractivity contribution in [3.05, 3.63) is 53.0 Å². The molecule has 0 heterocycles. The minimum absolute atomic E-state index is 0.899. The number of ether oxygens (including phenoxy) is 1. The Hall–Kier alpha value is -1.13. The van der Waals surface area contributed by atoms with Crippen molar-refractivity contribution >= 4 is 33.4 Å². The van der Waals surface area contributed by atoms with E-state index >= 15 is 0 Å². The molecular formula is C15H16BrNOS. The van der Waals surface area contributed by atoms with Crippen molar-refractivity contribution in [2.45, 2.75) is 4.90 Å². The highest BCUT2D eigenvalue weighted by Gasteiger charge is 1.98. The van der Waals surface area contributed by atoms with Gasteiger partial charge in [0.1, 0.15) is 5.75 Å². The van der Waals surface area contributed by atoms with E-state index in [0.29, 0.717) is 0 Å². The van der Waals surface area contributed by atoms with Crippen LogP contribution in [0.4, 0.5) is 5.69 Å². The lowest BCUT2D eigenvalue weighted by Gasteiger charge is -2.08. The van der Waals surface area contributed by atoms with E-state index in [4.69, 9.17) is 4.74 Å². The zero-order chi connectivity index (χ0) is 13.5. The first-order chi connectivity index (χ1) is 9.29. The maximum atomic E-state index is 5.14. The van der Waals surface area contributed by atoms with Gasteiger partial charge in [-0.2, -0.15) is 0 Å². The number of hydrogen-bond donors (Lipinski definition) is 1. The monoisotopic (exact) mass is 337 g/mol. The number of benzene rings is 2. The Morgan fingerprint density at radius 3 is 2.53 bits per heavy atom. The Balaban J connectivity index is 1.76. The molecule has 2 nitrogen and oxygen atoms in total. The molecular weight excluding hydrogens is 322 g/mol. The van der Waals surface area contributed by atoms with E-state index in [1.54, 1.807) is 7.11 Å². The molecule has 0 radical (unpaired) electrons. The van der Waals surface area contributed by atoms with E-state index < -0.39 is 0 Å². The summed E-state index contributed by atoms with van der Waals surface area (Å²) in [4.78, 5) is 1.26. The Morgan fingerprint density at radius 1 is 1.11 bits per heavy atom. The molecule has 0 aromatic heterocycles. The molecule has 19 heavy (non-hydrogen) atoms. The lowest BCUT2D eigenvalue weighted by Crippen LogP contribution is -2.04. The molecule has 0 saturated heterocycles. The topological polar surface area (TPSA) is 21.3 Å². The standard InChI is InChI=1S/C15H16BrNOS/c1-18-12-6-8-13(9-7-12)19-11-10-17-15-5-3-2-4-14(15)16/h2-9,17H,10-11H2,1H3. The van der Waals surface area contributed by atoms with Gasteiger partial charge in [-0.25, -0.2) is 0 Å². The van der Waals surface area contributed by atoms with Crippen molar-refractivity contribution in [2.24, 2.45) is 0 Å². The highest BCUT2D eigenvalue weighted by atomic mass is 79.9. The normalized spacial score (nSPS) is 10.2. The predicted molar refractivity (Wildman–Crippen MR) is 86.3 cm³/mol. The average Bonchev–Trinajstić information content (AvgIpc) is 2.46. The molecule has 2 aromatic rings. The number of para-hydroxylation sites is 1. The summed E-state index contributed by atoms with van der Waals surface area (Å²) in [6, 6.07) is 16.3. The van der Waals surface area contributed by atoms with Gasteiger partial charge in [0.15, 0.2) is 0 Å². The molecule has 0 amide bonds. The van der Waals surface area contributed by atoms with Crippen LogP contribution in [0.3, 0.4) is 0 Å². The van der Waals surface area contributed by atoms with Gasteiger partial charge in [-0.3, -0.25) is 0 Å². The van der Waals surface area contributed by atoms with Crippen LogP contribution in [0.2, 0.25) is 0 Å². The van der Waals surface area contributed by atoms with Crippen molar-refractivity contribution in [3.8, 4) is 5.75 Å². The summed E-state index contributed by atoms with van der Waals surface area (Å²) < 4.78 is 6.24. The van der Waals surface area contributed by atoms with Gasteiger partial charge in [0, 0.05) is 27.4 Å². The summed E-state index contributed by atoms with van der Waals surface area (Å²) >= 11 is 5.36. The van der Waals surface area contributed by atoms with Crippen molar-refractivity contribution < 1.29 is 4.74 Å². The van der Waals surface area contributed by atoms with Crippen LogP contribution in [-0.2, 0) is 0 Å². The second-order valence-electron chi connectivity index (χ2n) is 3.93. The van der Waals surface area contributed by atoms with Crippen LogP contribution in [-0.4, -0.2) is 19.4 Å². The molecule has 0 bridgehead atoms. The summed E-state index contributed by atoms with van der Waals surface area (Å²) in [5, 5.41) is 3.41. The first-order valence-corrected chi connectivity index (χ1v) is 7.83. The van der Waals surface area contributed by atoms with Gasteiger partial charge in [-0.1, -0.05) is 12.1 Å². The third-order valence-electron chi connectivity index (χ3n) is 2.62. The summed E-state index contributed by atoms with van der Waals surface area (Å²) in [6.07, 6.45) is 0. The summed E-state index contributed by atoms with van der Waals surface area (Å²) in [6.45, 7) is 0.930. The van der Waals surface area contributed by atoms with Crippen LogP contribution in [0.1, 0.15) is 0 Å². The Bertz CT molecular complexity index is 516. The highest BCUT2D eigenvalue weighted by molar-refractivity contribution is 9.10. The summed E-state index contributed by atoms with van der Waals surface area (Å²) in [5.74, 6) is 1.92. The number of hydrogen-bond acceptors (Lipinski definition) is 3. The van der Waals surface area contributed by atoms with E-state index in [0.717, 1.165) is 28.2 Å². The van der Waals surface area contributed by atoms with E-state index in [9.17, 15) is 0 Å². The Kier molecular flexibility index (Phi) is 5.61. The number of thioether (sulfide) groups is 1. The second kappa shape index (κ2) is 7.46. The predicted octanol–water partition coefficient (Wildman–Crippen LogP) is 4.66. The highest BCUT2D eigenvalue weighted by Crippen LogP contribution is 2.23. The van der Waals surface area contributed by atoms with Crippen molar-refractivity contribution in [2.75, 3.05) is 24.7 Å². The smallest absolute Gasteiger partial charge is 0.118 e. The lowest BCUT2D eigenvalue weighted by molar-refractivity contribution is 0.414. The van der Waals surface area contributed by atoms with E-state index in [-0.39, 0.29) is 0 Å². The fourth-order valence-electron chi connectivity index (χ4n) is 1.63. The van der Waals surface area contributed by atoms with Gasteiger partial charge in [0.2, 0.25) is 0 Å². The maximum absolute atomic E-state index is 5.14. The first kappa shape index (κ1) is 14.3. The molecule has 0 aliphatic heterocycles. The molecule has 0 spiro atoms. The van der Waals surface area contributed by atoms with E-state index in [1.807, 2.05) is 42.1 Å². The van der Waals surface area contributed by atoms with Crippen LogP contribution >= 0.6 is 27.7 Å². The second-order valence-corrected chi connectivity index (χ2v) is 5.95. The van der Waals surface area contributed by atoms with Crippen molar-refractivity contribution in [3.63, 3.8) is 0 Å². The van der Waals surface area contributed by atoms with Gasteiger partial charge < -0.3 is 10.1 Å². The largest absolute Gasteiger partial charge is 0.497 e. The number of anilines is 1. The zero-order valence-corrected chi connectivity index (χ0v) is 13.1. The molecule has 0 atom stereocenters. The van der Waals surface area contributed by atoms with Gasteiger partial charge in [-0.15, -0.1) is 11.8 Å². The minimum atomic E-state index is 0.899. The molecule has 2 aromatic carbocycles. The zero-order valence-electron chi connectivity index (χ0n) is 10.7. The SMILES string of the molecule is COc1ccc(SCCNc2ccccc2Br)cc1. The molecule has 0 aliphatic carbocycles. The molecule has 0 unspecified atom stereocenters. The Labute approximate surface area is 126 Å². The van der Waals surface area contributed by atoms with Crippen LogP contribution in [0.25, 0.3) is 0 Å². The third-order valence-corrected chi connectivity index (χ3v) is 4.32. The average molecular weight is 338 g/mol. The number of nitrogens with one attached hydrogen (secondary N) is 1. The molecule has 0 saturated carbocycles. The fraction of sp³-hybridized carbons (Fsp3) is 0.200.